The number of ether oxygens (including phenoxy) is 1. The maximum Gasteiger partial charge on any atom is 0.293 e. The second kappa shape index (κ2) is 19.4. The molecule has 0 unspecified atom stereocenters. The maximum absolute atomic E-state index is 13.7. The average Bonchev–Trinajstić information content (AvgIpc) is 3.27. The van der Waals surface area contributed by atoms with Crippen LogP contribution in [0, 0.1) is 10.1 Å². The van der Waals surface area contributed by atoms with Crippen LogP contribution in [0.1, 0.15) is 56.6 Å². The number of halogens is 1. The van der Waals surface area contributed by atoms with Gasteiger partial charge in [-0.1, -0.05) is 41.4 Å². The topological polar surface area (TPSA) is 143 Å². The van der Waals surface area contributed by atoms with Crippen LogP contribution in [0.4, 0.5) is 22.9 Å². The van der Waals surface area contributed by atoms with Gasteiger partial charge < -0.3 is 15.0 Å². The molecule has 1 aliphatic carbocycles. The Morgan fingerprint density at radius 2 is 1.69 bits per heavy atom. The molecule has 1 saturated heterocycles. The molecule has 12 nitrogen and oxygen atoms in total. The monoisotopic (exact) mass is 879 g/mol. The Morgan fingerprint density at radius 1 is 0.918 bits per heavy atom. The number of anilines is 3. The van der Waals surface area contributed by atoms with Crippen molar-refractivity contribution in [3.8, 4) is 0 Å². The molecule has 0 amide bonds. The third kappa shape index (κ3) is 10.6. The Balaban J connectivity index is 0.889. The van der Waals surface area contributed by atoms with E-state index in [9.17, 15) is 18.5 Å². The number of nitrogens with one attached hydrogen (secondary N) is 2. The van der Waals surface area contributed by atoms with Crippen molar-refractivity contribution in [3.63, 3.8) is 0 Å². The molecular formula is C46H50ClN7O5S2. The van der Waals surface area contributed by atoms with E-state index in [2.05, 4.69) is 72.3 Å². The van der Waals surface area contributed by atoms with Gasteiger partial charge in [-0.15, -0.1) is 11.8 Å². The van der Waals surface area contributed by atoms with Gasteiger partial charge in [0.25, 0.3) is 15.7 Å². The van der Waals surface area contributed by atoms with Crippen molar-refractivity contribution >= 4 is 78.3 Å². The van der Waals surface area contributed by atoms with Crippen LogP contribution in [0.2, 0.25) is 5.02 Å². The van der Waals surface area contributed by atoms with Gasteiger partial charge in [-0.3, -0.25) is 19.7 Å². The van der Waals surface area contributed by atoms with Gasteiger partial charge in [0, 0.05) is 65.8 Å². The number of sulfonamides is 1. The van der Waals surface area contributed by atoms with Gasteiger partial charge in [0.05, 0.1) is 28.5 Å². The number of nitro benzene ring substituents is 1. The molecule has 3 aliphatic rings. The van der Waals surface area contributed by atoms with Crippen molar-refractivity contribution in [2.24, 2.45) is 0 Å². The quantitative estimate of drug-likeness (QED) is 0.0590. The number of thioether (sulfide) groups is 1. The summed E-state index contributed by atoms with van der Waals surface area (Å²) in [6.07, 6.45) is 9.86. The van der Waals surface area contributed by atoms with E-state index in [4.69, 9.17) is 16.3 Å². The van der Waals surface area contributed by atoms with Gasteiger partial charge >= 0.3 is 0 Å². The van der Waals surface area contributed by atoms with Gasteiger partial charge in [0.1, 0.15) is 12.0 Å². The van der Waals surface area contributed by atoms with Crippen molar-refractivity contribution in [1.82, 2.24) is 14.9 Å². The van der Waals surface area contributed by atoms with Gasteiger partial charge in [0.2, 0.25) is 0 Å². The van der Waals surface area contributed by atoms with Gasteiger partial charge in [-0.05, 0) is 134 Å². The Hall–Kier alpha value is -4.99. The number of benzene rings is 4. The molecular weight excluding hydrogens is 830 g/mol. The molecule has 1 aromatic heterocycles. The predicted octanol–water partition coefficient (Wildman–Crippen LogP) is 9.93. The number of hydrogen-bond acceptors (Lipinski definition) is 11. The first-order chi connectivity index (χ1) is 29.6. The fourth-order valence-electron chi connectivity index (χ4n) is 8.27. The lowest BCUT2D eigenvalue weighted by Gasteiger charge is -2.30. The highest BCUT2D eigenvalue weighted by Gasteiger charge is 2.25. The second-order valence-corrected chi connectivity index (χ2v) is 19.1. The number of nitro groups is 1. The Kier molecular flexibility index (Phi) is 13.6. The summed E-state index contributed by atoms with van der Waals surface area (Å²) in [6, 6.07) is 26.3. The van der Waals surface area contributed by atoms with Crippen molar-refractivity contribution in [3.05, 3.63) is 129 Å². The summed E-state index contributed by atoms with van der Waals surface area (Å²) in [5.41, 5.74) is 8.20. The third-order valence-electron chi connectivity index (χ3n) is 11.6. The lowest BCUT2D eigenvalue weighted by Crippen LogP contribution is -2.36. The highest BCUT2D eigenvalue weighted by molar-refractivity contribution is 7.99. The highest BCUT2D eigenvalue weighted by Crippen LogP contribution is 2.36. The molecule has 15 heteroatoms. The van der Waals surface area contributed by atoms with Crippen molar-refractivity contribution in [1.29, 1.82) is 0 Å². The van der Waals surface area contributed by atoms with Gasteiger partial charge in [-0.2, -0.15) is 0 Å². The van der Waals surface area contributed by atoms with E-state index in [1.807, 2.05) is 37.3 Å². The van der Waals surface area contributed by atoms with Crippen LogP contribution in [0.25, 0.3) is 22.0 Å². The molecule has 5 aromatic rings. The smallest absolute Gasteiger partial charge is 0.293 e. The first-order valence-electron chi connectivity index (χ1n) is 20.9. The molecule has 0 spiro atoms. The van der Waals surface area contributed by atoms with E-state index in [0.717, 1.165) is 98.9 Å². The Bertz CT molecular complexity index is 2550. The van der Waals surface area contributed by atoms with Crippen LogP contribution < -0.4 is 14.9 Å². The molecule has 2 N–H and O–H groups in total. The summed E-state index contributed by atoms with van der Waals surface area (Å²) in [6.45, 7) is 7.92. The molecule has 3 heterocycles. The minimum atomic E-state index is -4.25. The number of hydrogen-bond donors (Lipinski definition) is 2. The summed E-state index contributed by atoms with van der Waals surface area (Å²) >= 11 is 7.89. The molecule has 0 bridgehead atoms. The standard InChI is InChI=1S/C46H50ClN7O5S2/c1-32(20-27-60-39-13-11-38(12-14-39)53-23-25-59-26-24-53)50-43-17-15-40(29-45(43)54(55)56)61(57,58)51-46-42-16-8-35(28-44(42)48-31-49-46)33-18-21-52(22-19-33)30-36-4-2-3-5-41(36)34-6-9-37(47)10-7-34/h6-18,28-29,31-32,50H,2-5,19-27,30H2,1H3,(H,48,49,51)/t32-/m1/s1. The second-order valence-electron chi connectivity index (χ2n) is 15.8. The zero-order valence-corrected chi connectivity index (χ0v) is 36.6. The third-order valence-corrected chi connectivity index (χ3v) is 14.3. The van der Waals surface area contributed by atoms with Gasteiger partial charge in [0.15, 0.2) is 5.82 Å². The summed E-state index contributed by atoms with van der Waals surface area (Å²) in [4.78, 5) is 26.1. The number of allylic oxidation sites excluding steroid dienone is 1. The molecule has 8 rings (SSSR count). The van der Waals surface area contributed by atoms with Crippen molar-refractivity contribution in [2.45, 2.75) is 61.3 Å². The first kappa shape index (κ1) is 42.7. The van der Waals surface area contributed by atoms with Crippen LogP contribution in [-0.4, -0.2) is 85.9 Å². The molecule has 0 radical (unpaired) electrons. The Morgan fingerprint density at radius 3 is 2.44 bits per heavy atom. The number of nitrogens with zero attached hydrogens (tertiary/aromatic N) is 5. The van der Waals surface area contributed by atoms with E-state index in [-0.39, 0.29) is 28.1 Å². The van der Waals surface area contributed by atoms with E-state index >= 15 is 0 Å². The first-order valence-corrected chi connectivity index (χ1v) is 23.7. The zero-order valence-electron chi connectivity index (χ0n) is 34.2. The molecule has 1 fully saturated rings. The predicted molar refractivity (Wildman–Crippen MR) is 247 cm³/mol. The summed E-state index contributed by atoms with van der Waals surface area (Å²) < 4.78 is 35.4. The number of aromatic nitrogens is 2. The SMILES string of the molecule is C[C@H](CCSc1ccc(N2CCOCC2)cc1)Nc1ccc(S(=O)(=O)Nc2ncnc3cc(C4=CCN(CC5=C(c6ccc(Cl)cc6)CCCC5)CC4)ccc23)cc1[N+](=O)[O-]. The lowest BCUT2D eigenvalue weighted by atomic mass is 9.87. The van der Waals surface area contributed by atoms with Gasteiger partial charge in [-0.25, -0.2) is 18.4 Å². The lowest BCUT2D eigenvalue weighted by molar-refractivity contribution is -0.384. The van der Waals surface area contributed by atoms with Crippen LogP contribution in [0.5, 0.6) is 0 Å². The van der Waals surface area contributed by atoms with Crippen LogP contribution in [-0.2, 0) is 14.8 Å². The maximum atomic E-state index is 13.7. The number of rotatable bonds is 15. The van der Waals surface area contributed by atoms with Crippen LogP contribution in [0.3, 0.4) is 0 Å². The average molecular weight is 881 g/mol. The van der Waals surface area contributed by atoms with E-state index in [1.165, 1.54) is 59.3 Å². The molecule has 2 aliphatic heterocycles. The summed E-state index contributed by atoms with van der Waals surface area (Å²) in [5.74, 6) is 0.898. The van der Waals surface area contributed by atoms with E-state index in [1.54, 1.807) is 11.8 Å². The summed E-state index contributed by atoms with van der Waals surface area (Å²) in [7, 11) is -4.25. The fraction of sp³-hybridized carbons (Fsp3) is 0.348. The Labute approximate surface area is 366 Å². The molecule has 4 aromatic carbocycles. The normalized spacial score (nSPS) is 17.0. The summed E-state index contributed by atoms with van der Waals surface area (Å²) in [5, 5.41) is 16.7. The number of morpholine rings is 1. The fourth-order valence-corrected chi connectivity index (χ4v) is 10.5. The minimum absolute atomic E-state index is 0.101. The van der Waals surface area contributed by atoms with E-state index < -0.39 is 14.9 Å². The number of fused-ring (bicyclic) bond motifs is 1. The highest BCUT2D eigenvalue weighted by atomic mass is 35.5. The van der Waals surface area contributed by atoms with Crippen LogP contribution in [0.15, 0.2) is 113 Å². The minimum Gasteiger partial charge on any atom is -0.378 e. The zero-order chi connectivity index (χ0) is 42.3. The molecule has 61 heavy (non-hydrogen) atoms. The largest absolute Gasteiger partial charge is 0.378 e. The van der Waals surface area contributed by atoms with E-state index in [0.29, 0.717) is 10.9 Å². The van der Waals surface area contributed by atoms with Crippen LogP contribution >= 0.6 is 23.4 Å². The molecule has 318 valence electrons. The molecule has 1 atom stereocenters. The van der Waals surface area contributed by atoms with Crippen molar-refractivity contribution < 1.29 is 18.1 Å². The molecule has 0 saturated carbocycles. The van der Waals surface area contributed by atoms with Crippen molar-refractivity contribution in [2.75, 3.05) is 66.6 Å².